The van der Waals surface area contributed by atoms with E-state index >= 15 is 0 Å². The number of rotatable bonds is 3. The van der Waals surface area contributed by atoms with Crippen LogP contribution in [0.1, 0.15) is 28.5 Å². The highest BCUT2D eigenvalue weighted by molar-refractivity contribution is 5.54. The summed E-state index contributed by atoms with van der Waals surface area (Å²) >= 11 is 0. The number of aromatic hydroxyl groups is 1. The van der Waals surface area contributed by atoms with Gasteiger partial charge < -0.3 is 20.1 Å². The minimum Gasteiger partial charge on any atom is -0.508 e. The highest BCUT2D eigenvalue weighted by atomic mass is 16.5. The zero-order chi connectivity index (χ0) is 19.6. The van der Waals surface area contributed by atoms with E-state index in [9.17, 15) is 5.11 Å². The van der Waals surface area contributed by atoms with Gasteiger partial charge >= 0.3 is 0 Å². The van der Waals surface area contributed by atoms with Gasteiger partial charge in [-0.1, -0.05) is 48.5 Å². The van der Waals surface area contributed by atoms with Crippen LogP contribution in [0.5, 0.6) is 11.5 Å². The number of benzene rings is 3. The Morgan fingerprint density at radius 1 is 0.862 bits per heavy atom. The Hall–Kier alpha value is -2.98. The van der Waals surface area contributed by atoms with Crippen LogP contribution in [0.25, 0.3) is 0 Å². The van der Waals surface area contributed by atoms with Gasteiger partial charge in [-0.15, -0.1) is 0 Å². The number of anilines is 1. The molecule has 148 valence electrons. The molecule has 2 atom stereocenters. The molecule has 0 aromatic heterocycles. The lowest BCUT2D eigenvalue weighted by Gasteiger charge is -2.35. The topological polar surface area (TPSA) is 44.7 Å². The molecule has 3 aromatic rings. The lowest BCUT2D eigenvalue weighted by atomic mass is 9.76. The first-order valence-electron chi connectivity index (χ1n) is 10.4. The Morgan fingerprint density at radius 3 is 2.38 bits per heavy atom. The zero-order valence-corrected chi connectivity index (χ0v) is 16.4. The van der Waals surface area contributed by atoms with Crippen molar-refractivity contribution < 1.29 is 9.84 Å². The van der Waals surface area contributed by atoms with E-state index in [0.717, 1.165) is 37.5 Å². The van der Waals surface area contributed by atoms with E-state index in [0.29, 0.717) is 6.61 Å². The number of nitrogens with one attached hydrogen (secondary N) is 1. The smallest absolute Gasteiger partial charge is 0.126 e. The maximum atomic E-state index is 9.92. The minimum absolute atomic E-state index is 0.193. The van der Waals surface area contributed by atoms with Crippen LogP contribution in [0.4, 0.5) is 5.69 Å². The SMILES string of the molecule is Oc1ccc2c(c1)OC[C@@H](c1ccccc1)[C@H]2c1ccc(N2CCNCC2)cc1. The summed E-state index contributed by atoms with van der Waals surface area (Å²) in [5.74, 6) is 1.46. The highest BCUT2D eigenvalue weighted by Gasteiger charge is 2.33. The Bertz CT molecular complexity index is 966. The molecule has 1 saturated heterocycles. The van der Waals surface area contributed by atoms with Gasteiger partial charge in [0.15, 0.2) is 0 Å². The van der Waals surface area contributed by atoms with E-state index in [2.05, 4.69) is 64.8 Å². The molecular formula is C25H26N2O2. The van der Waals surface area contributed by atoms with Gasteiger partial charge in [-0.05, 0) is 29.3 Å². The second-order valence-corrected chi connectivity index (χ2v) is 7.86. The molecule has 2 heterocycles. The fourth-order valence-corrected chi connectivity index (χ4v) is 4.61. The van der Waals surface area contributed by atoms with Crippen molar-refractivity contribution in [2.45, 2.75) is 11.8 Å². The highest BCUT2D eigenvalue weighted by Crippen LogP contribution is 2.47. The molecule has 3 aromatic carbocycles. The van der Waals surface area contributed by atoms with Gasteiger partial charge in [0, 0.05) is 55.3 Å². The van der Waals surface area contributed by atoms with Crippen molar-refractivity contribution in [3.05, 3.63) is 89.5 Å². The second kappa shape index (κ2) is 7.80. The molecule has 1 fully saturated rings. The summed E-state index contributed by atoms with van der Waals surface area (Å²) in [6.45, 7) is 4.77. The van der Waals surface area contributed by atoms with Crippen molar-refractivity contribution in [1.82, 2.24) is 5.32 Å². The summed E-state index contributed by atoms with van der Waals surface area (Å²) in [6.07, 6.45) is 0. The van der Waals surface area contributed by atoms with Crippen molar-refractivity contribution in [3.63, 3.8) is 0 Å². The monoisotopic (exact) mass is 386 g/mol. The summed E-state index contributed by atoms with van der Waals surface area (Å²) in [6, 6.07) is 25.1. The minimum atomic E-state index is 0.193. The molecule has 0 bridgehead atoms. The van der Waals surface area contributed by atoms with Gasteiger partial charge in [0.05, 0.1) is 6.61 Å². The molecule has 0 amide bonds. The van der Waals surface area contributed by atoms with Crippen LogP contribution >= 0.6 is 0 Å². The predicted molar refractivity (Wildman–Crippen MR) is 116 cm³/mol. The summed E-state index contributed by atoms with van der Waals surface area (Å²) in [5, 5.41) is 13.3. The van der Waals surface area contributed by atoms with Crippen LogP contribution in [-0.4, -0.2) is 37.9 Å². The van der Waals surface area contributed by atoms with Gasteiger partial charge in [0.1, 0.15) is 11.5 Å². The van der Waals surface area contributed by atoms with E-state index in [4.69, 9.17) is 4.74 Å². The lowest BCUT2D eigenvalue weighted by molar-refractivity contribution is 0.248. The van der Waals surface area contributed by atoms with Gasteiger partial charge in [-0.25, -0.2) is 0 Å². The quantitative estimate of drug-likeness (QED) is 0.711. The average molecular weight is 386 g/mol. The van der Waals surface area contributed by atoms with Crippen LogP contribution in [0.3, 0.4) is 0 Å². The standard InChI is InChI=1S/C25H26N2O2/c28-21-10-11-22-24(16-21)29-17-23(18-4-2-1-3-5-18)25(22)19-6-8-20(9-7-19)27-14-12-26-13-15-27/h1-11,16,23,25-26,28H,12-15,17H2/t23-,25-/m0/s1. The molecule has 2 N–H and O–H groups in total. The molecule has 2 aliphatic rings. The first-order chi connectivity index (χ1) is 14.3. The maximum absolute atomic E-state index is 9.92. The van der Waals surface area contributed by atoms with E-state index < -0.39 is 0 Å². The molecular weight excluding hydrogens is 360 g/mol. The second-order valence-electron chi connectivity index (χ2n) is 7.86. The largest absolute Gasteiger partial charge is 0.508 e. The number of hydrogen-bond donors (Lipinski definition) is 2. The Morgan fingerprint density at radius 2 is 1.62 bits per heavy atom. The molecule has 0 saturated carbocycles. The summed E-state index contributed by atoms with van der Waals surface area (Å²) < 4.78 is 6.07. The first kappa shape index (κ1) is 18.1. The number of phenols is 1. The van der Waals surface area contributed by atoms with Crippen LogP contribution < -0.4 is 15.0 Å². The molecule has 0 radical (unpaired) electrons. The molecule has 0 aliphatic carbocycles. The summed E-state index contributed by atoms with van der Waals surface area (Å²) in [7, 11) is 0. The van der Waals surface area contributed by atoms with Crippen LogP contribution in [0.2, 0.25) is 0 Å². The van der Waals surface area contributed by atoms with E-state index in [1.807, 2.05) is 6.07 Å². The molecule has 4 heteroatoms. The third kappa shape index (κ3) is 3.56. The van der Waals surface area contributed by atoms with Crippen molar-refractivity contribution >= 4 is 5.69 Å². The Kier molecular flexibility index (Phi) is 4.86. The Labute approximate surface area is 171 Å². The van der Waals surface area contributed by atoms with Gasteiger partial charge in [-0.3, -0.25) is 0 Å². The number of nitrogens with zero attached hydrogens (tertiary/aromatic N) is 1. The lowest BCUT2D eigenvalue weighted by Crippen LogP contribution is -2.43. The van der Waals surface area contributed by atoms with E-state index in [1.165, 1.54) is 16.8 Å². The number of piperazine rings is 1. The van der Waals surface area contributed by atoms with Gasteiger partial charge in [0.2, 0.25) is 0 Å². The predicted octanol–water partition coefficient (Wildman–Crippen LogP) is 4.11. The average Bonchev–Trinajstić information content (AvgIpc) is 2.79. The molecule has 0 spiro atoms. The molecule has 4 nitrogen and oxygen atoms in total. The summed E-state index contributed by atoms with van der Waals surface area (Å²) in [5.41, 5.74) is 4.98. The van der Waals surface area contributed by atoms with E-state index in [1.54, 1.807) is 12.1 Å². The zero-order valence-electron chi connectivity index (χ0n) is 16.4. The van der Waals surface area contributed by atoms with Crippen molar-refractivity contribution in [2.24, 2.45) is 0 Å². The molecule has 5 rings (SSSR count). The van der Waals surface area contributed by atoms with Crippen LogP contribution in [0, 0.1) is 0 Å². The fraction of sp³-hybridized carbons (Fsp3) is 0.280. The maximum Gasteiger partial charge on any atom is 0.126 e. The van der Waals surface area contributed by atoms with Gasteiger partial charge in [0.25, 0.3) is 0 Å². The van der Waals surface area contributed by atoms with E-state index in [-0.39, 0.29) is 17.6 Å². The molecule has 29 heavy (non-hydrogen) atoms. The van der Waals surface area contributed by atoms with Crippen LogP contribution in [0.15, 0.2) is 72.8 Å². The normalized spacial score (nSPS) is 21.3. The number of ether oxygens (including phenoxy) is 1. The van der Waals surface area contributed by atoms with Crippen LogP contribution in [-0.2, 0) is 0 Å². The molecule has 2 aliphatic heterocycles. The van der Waals surface area contributed by atoms with Crippen molar-refractivity contribution in [1.29, 1.82) is 0 Å². The molecule has 0 unspecified atom stereocenters. The first-order valence-corrected chi connectivity index (χ1v) is 10.4. The van der Waals surface area contributed by atoms with Crippen molar-refractivity contribution in [2.75, 3.05) is 37.7 Å². The Balaban J connectivity index is 1.53. The van der Waals surface area contributed by atoms with Gasteiger partial charge in [-0.2, -0.15) is 0 Å². The third-order valence-corrected chi connectivity index (χ3v) is 6.12. The number of phenolic OH excluding ortho intramolecular Hbond substituents is 1. The fourth-order valence-electron chi connectivity index (χ4n) is 4.61. The summed E-state index contributed by atoms with van der Waals surface area (Å²) in [4.78, 5) is 2.44. The number of fused-ring (bicyclic) bond motifs is 1. The van der Waals surface area contributed by atoms with Crippen molar-refractivity contribution in [3.8, 4) is 11.5 Å². The third-order valence-electron chi connectivity index (χ3n) is 6.12. The number of hydrogen-bond acceptors (Lipinski definition) is 4.